The summed E-state index contributed by atoms with van der Waals surface area (Å²) in [5.41, 5.74) is 0.0156. The van der Waals surface area contributed by atoms with E-state index in [2.05, 4.69) is 15.1 Å². The highest BCUT2D eigenvalue weighted by Gasteiger charge is 2.36. The Bertz CT molecular complexity index is 1160. The molecule has 0 saturated heterocycles. The summed E-state index contributed by atoms with van der Waals surface area (Å²) in [4.78, 5) is 19.7. The van der Waals surface area contributed by atoms with Crippen LogP contribution in [0.5, 0.6) is 0 Å². The Morgan fingerprint density at radius 1 is 1.04 bits per heavy atom. The van der Waals surface area contributed by atoms with Gasteiger partial charge >= 0.3 is 6.18 Å². The van der Waals surface area contributed by atoms with Crippen molar-refractivity contribution in [1.82, 2.24) is 24.1 Å². The maximum absolute atomic E-state index is 13.0. The molecule has 1 aromatic carbocycles. The largest absolute Gasteiger partial charge is 0.453 e. The molecule has 4 aromatic rings. The molecular formula is C15H7F4N5O. The molecular weight excluding hydrogens is 342 g/mol. The third-order valence-corrected chi connectivity index (χ3v) is 3.59. The van der Waals surface area contributed by atoms with Crippen LogP contribution in [0.25, 0.3) is 22.4 Å². The Labute approximate surface area is 136 Å². The van der Waals surface area contributed by atoms with Gasteiger partial charge in [0.05, 0.1) is 10.9 Å². The van der Waals surface area contributed by atoms with Crippen LogP contribution < -0.4 is 5.56 Å². The lowest BCUT2D eigenvalue weighted by Crippen LogP contribution is -2.18. The average molecular weight is 349 g/mol. The first-order chi connectivity index (χ1) is 11.8. The minimum Gasteiger partial charge on any atom is -0.284 e. The van der Waals surface area contributed by atoms with Crippen LogP contribution >= 0.6 is 0 Å². The minimum atomic E-state index is -4.72. The summed E-state index contributed by atoms with van der Waals surface area (Å²) in [5.74, 6) is -2.06. The van der Waals surface area contributed by atoms with E-state index in [1.54, 1.807) is 0 Å². The van der Waals surface area contributed by atoms with E-state index in [1.165, 1.54) is 41.1 Å². The summed E-state index contributed by atoms with van der Waals surface area (Å²) in [6.07, 6.45) is -2.21. The van der Waals surface area contributed by atoms with Crippen LogP contribution in [0.3, 0.4) is 0 Å². The molecule has 0 amide bonds. The zero-order valence-electron chi connectivity index (χ0n) is 12.2. The summed E-state index contributed by atoms with van der Waals surface area (Å²) < 4.78 is 53.4. The van der Waals surface area contributed by atoms with E-state index in [0.29, 0.717) is 5.69 Å². The lowest BCUT2D eigenvalue weighted by molar-refractivity contribution is -0.144. The van der Waals surface area contributed by atoms with Crippen molar-refractivity contribution in [2.45, 2.75) is 6.18 Å². The van der Waals surface area contributed by atoms with Crippen LogP contribution in [-0.2, 0) is 6.18 Å². The topological polar surface area (TPSA) is 65.1 Å². The van der Waals surface area contributed by atoms with E-state index in [9.17, 15) is 22.4 Å². The first-order valence-corrected chi connectivity index (χ1v) is 6.95. The lowest BCUT2D eigenvalue weighted by atomic mass is 10.2. The molecule has 0 fully saturated rings. The second-order valence-electron chi connectivity index (χ2n) is 5.17. The predicted octanol–water partition coefficient (Wildman–Crippen LogP) is 2.59. The molecule has 3 heterocycles. The SMILES string of the molecule is O=c1c2cnc3nc(C(F)(F)F)nn3c2ccn1-c1ccc(F)cc1. The van der Waals surface area contributed by atoms with Crippen molar-refractivity contribution in [2.75, 3.05) is 0 Å². The molecule has 6 nitrogen and oxygen atoms in total. The van der Waals surface area contributed by atoms with Crippen LogP contribution in [0.4, 0.5) is 17.6 Å². The van der Waals surface area contributed by atoms with Gasteiger partial charge in [0.25, 0.3) is 17.2 Å². The quantitative estimate of drug-likeness (QED) is 0.496. The molecule has 0 unspecified atom stereocenters. The summed E-state index contributed by atoms with van der Waals surface area (Å²) in [7, 11) is 0. The second kappa shape index (κ2) is 5.10. The minimum absolute atomic E-state index is 0.0537. The van der Waals surface area contributed by atoms with Gasteiger partial charge in [0.15, 0.2) is 0 Å². The summed E-state index contributed by atoms with van der Waals surface area (Å²) >= 11 is 0. The summed E-state index contributed by atoms with van der Waals surface area (Å²) in [6, 6.07) is 6.63. The molecule has 0 N–H and O–H groups in total. The molecule has 126 valence electrons. The Morgan fingerprint density at radius 2 is 1.76 bits per heavy atom. The van der Waals surface area contributed by atoms with E-state index >= 15 is 0 Å². The normalized spacial score (nSPS) is 12.2. The van der Waals surface area contributed by atoms with E-state index in [-0.39, 0.29) is 16.7 Å². The molecule has 0 atom stereocenters. The van der Waals surface area contributed by atoms with Crippen LogP contribution in [0, 0.1) is 5.82 Å². The third kappa shape index (κ3) is 2.42. The molecule has 10 heteroatoms. The Kier molecular flexibility index (Phi) is 3.11. The van der Waals surface area contributed by atoms with Crippen molar-refractivity contribution in [2.24, 2.45) is 0 Å². The highest BCUT2D eigenvalue weighted by molar-refractivity contribution is 5.78. The number of hydrogen-bond acceptors (Lipinski definition) is 4. The van der Waals surface area contributed by atoms with Crippen LogP contribution in [-0.4, -0.2) is 24.1 Å². The van der Waals surface area contributed by atoms with Gasteiger partial charge in [0, 0.05) is 18.1 Å². The Hall–Kier alpha value is -3.30. The molecule has 0 aliphatic carbocycles. The second-order valence-corrected chi connectivity index (χ2v) is 5.17. The van der Waals surface area contributed by atoms with E-state index in [1.807, 2.05) is 0 Å². The zero-order chi connectivity index (χ0) is 17.8. The fourth-order valence-electron chi connectivity index (χ4n) is 2.44. The van der Waals surface area contributed by atoms with Gasteiger partial charge in [-0.2, -0.15) is 22.7 Å². The molecule has 3 aromatic heterocycles. The molecule has 0 aliphatic heterocycles. The van der Waals surface area contributed by atoms with Crippen molar-refractivity contribution < 1.29 is 17.6 Å². The van der Waals surface area contributed by atoms with E-state index in [4.69, 9.17) is 0 Å². The van der Waals surface area contributed by atoms with Gasteiger partial charge in [-0.25, -0.2) is 9.37 Å². The van der Waals surface area contributed by atoms with Gasteiger partial charge < -0.3 is 0 Å². The number of halogens is 4. The molecule has 25 heavy (non-hydrogen) atoms. The molecule has 0 spiro atoms. The number of aromatic nitrogens is 5. The van der Waals surface area contributed by atoms with Crippen molar-refractivity contribution in [3.63, 3.8) is 0 Å². The van der Waals surface area contributed by atoms with Crippen LogP contribution in [0.15, 0.2) is 47.5 Å². The van der Waals surface area contributed by atoms with Crippen LogP contribution in [0.1, 0.15) is 5.82 Å². The number of pyridine rings is 1. The van der Waals surface area contributed by atoms with E-state index < -0.39 is 23.4 Å². The first-order valence-electron chi connectivity index (χ1n) is 6.95. The fraction of sp³-hybridized carbons (Fsp3) is 0.0667. The Balaban J connectivity index is 1.97. The zero-order valence-corrected chi connectivity index (χ0v) is 12.2. The first kappa shape index (κ1) is 15.2. The van der Waals surface area contributed by atoms with Gasteiger partial charge in [-0.05, 0) is 30.3 Å². The number of benzene rings is 1. The number of fused-ring (bicyclic) bond motifs is 3. The third-order valence-electron chi connectivity index (χ3n) is 3.59. The highest BCUT2D eigenvalue weighted by Crippen LogP contribution is 2.26. The standard InChI is InChI=1S/C15H7F4N5O/c16-8-1-3-9(4-2-8)23-6-5-11-10(12(23)25)7-20-14-21-13(15(17,18)19)22-24(11)14/h1-7H. The monoisotopic (exact) mass is 349 g/mol. The molecule has 0 radical (unpaired) electrons. The van der Waals surface area contributed by atoms with Gasteiger partial charge in [0.2, 0.25) is 0 Å². The smallest absolute Gasteiger partial charge is 0.284 e. The van der Waals surface area contributed by atoms with Crippen molar-refractivity contribution >= 4 is 16.7 Å². The number of nitrogens with zero attached hydrogens (tertiary/aromatic N) is 5. The lowest BCUT2D eigenvalue weighted by Gasteiger charge is -2.07. The number of hydrogen-bond donors (Lipinski definition) is 0. The number of alkyl halides is 3. The average Bonchev–Trinajstić information content (AvgIpc) is 3.01. The molecule has 0 bridgehead atoms. The predicted molar refractivity (Wildman–Crippen MR) is 78.8 cm³/mol. The van der Waals surface area contributed by atoms with Crippen molar-refractivity contribution in [3.8, 4) is 5.69 Å². The molecule has 4 rings (SSSR count). The summed E-state index contributed by atoms with van der Waals surface area (Å²) in [5, 5.41) is 3.44. The summed E-state index contributed by atoms with van der Waals surface area (Å²) in [6.45, 7) is 0. The number of rotatable bonds is 1. The van der Waals surface area contributed by atoms with Crippen molar-refractivity contribution in [1.29, 1.82) is 0 Å². The Morgan fingerprint density at radius 3 is 2.44 bits per heavy atom. The molecule has 0 saturated carbocycles. The van der Waals surface area contributed by atoms with E-state index in [0.717, 1.165) is 10.7 Å². The van der Waals surface area contributed by atoms with Gasteiger partial charge in [-0.3, -0.25) is 9.36 Å². The maximum Gasteiger partial charge on any atom is 0.453 e. The molecule has 0 aliphatic rings. The van der Waals surface area contributed by atoms with Gasteiger partial charge in [-0.15, -0.1) is 5.10 Å². The van der Waals surface area contributed by atoms with Crippen LogP contribution in [0.2, 0.25) is 0 Å². The maximum atomic E-state index is 13.0. The van der Waals surface area contributed by atoms with Gasteiger partial charge in [0.1, 0.15) is 5.82 Å². The van der Waals surface area contributed by atoms with Crippen molar-refractivity contribution in [3.05, 3.63) is 64.7 Å². The fourth-order valence-corrected chi connectivity index (χ4v) is 2.44. The van der Waals surface area contributed by atoms with Gasteiger partial charge in [-0.1, -0.05) is 0 Å². The highest BCUT2D eigenvalue weighted by atomic mass is 19.4.